The molecular weight excluding hydrogens is 445 g/mol. The average Bonchev–Trinajstić information content (AvgIpc) is 2.17. The van der Waals surface area contributed by atoms with Gasteiger partial charge in [0, 0.05) is 13.6 Å². The molecule has 0 atom stereocenters. The second-order valence-corrected chi connectivity index (χ2v) is 5.41. The summed E-state index contributed by atoms with van der Waals surface area (Å²) in [5, 5.41) is 9.19. The lowest BCUT2D eigenvalue weighted by molar-refractivity contribution is -0.376. The van der Waals surface area contributed by atoms with Crippen molar-refractivity contribution in [2.75, 3.05) is 0 Å². The second kappa shape index (κ2) is 4.82. The van der Waals surface area contributed by atoms with Gasteiger partial charge in [0.15, 0.2) is 0 Å². The fourth-order valence-electron chi connectivity index (χ4n) is 1.24. The van der Waals surface area contributed by atoms with Crippen molar-refractivity contribution in [3.05, 3.63) is 31.8 Å². The molecule has 1 aromatic rings. The molecule has 0 fully saturated rings. The molecule has 1 N–H and O–H groups in total. The molecule has 0 saturated carbocycles. The second-order valence-electron chi connectivity index (χ2n) is 3.33. The Balaban J connectivity index is 3.61. The van der Waals surface area contributed by atoms with E-state index in [1.807, 2.05) is 0 Å². The van der Waals surface area contributed by atoms with E-state index in [-0.39, 0.29) is 8.04 Å². The monoisotopic (exact) mass is 448 g/mol. The summed E-state index contributed by atoms with van der Waals surface area (Å²) in [5.41, 5.74) is -6.14. The topological polar surface area (TPSA) is 20.2 Å². The molecule has 1 rings (SSSR count). The first-order valence-corrected chi connectivity index (χ1v) is 6.10. The quantitative estimate of drug-likeness (QED) is 0.500. The SMILES string of the molecule is OC(c1cc(Br)ccc1I)(C(F)(F)F)C(F)(F)F. The van der Waals surface area contributed by atoms with Crippen LogP contribution in [0, 0.1) is 3.57 Å². The van der Waals surface area contributed by atoms with Crippen molar-refractivity contribution in [3.8, 4) is 0 Å². The highest BCUT2D eigenvalue weighted by molar-refractivity contribution is 14.1. The average molecular weight is 449 g/mol. The summed E-state index contributed by atoms with van der Waals surface area (Å²) < 4.78 is 75.3. The van der Waals surface area contributed by atoms with E-state index in [2.05, 4.69) is 15.9 Å². The molecule has 0 amide bonds. The van der Waals surface area contributed by atoms with Crippen molar-refractivity contribution in [3.63, 3.8) is 0 Å². The zero-order valence-corrected chi connectivity index (χ0v) is 11.9. The number of alkyl halides is 6. The molecule has 0 aliphatic rings. The molecule has 0 aliphatic heterocycles. The maximum Gasteiger partial charge on any atom is 0.430 e. The van der Waals surface area contributed by atoms with Gasteiger partial charge in [0.2, 0.25) is 0 Å². The van der Waals surface area contributed by atoms with Crippen LogP contribution in [0.2, 0.25) is 0 Å². The highest BCUT2D eigenvalue weighted by Gasteiger charge is 2.71. The van der Waals surface area contributed by atoms with Crippen LogP contribution in [0.15, 0.2) is 22.7 Å². The van der Waals surface area contributed by atoms with Crippen molar-refractivity contribution in [1.82, 2.24) is 0 Å². The van der Waals surface area contributed by atoms with Crippen LogP contribution in [-0.4, -0.2) is 17.5 Å². The highest BCUT2D eigenvalue weighted by atomic mass is 127. The van der Waals surface area contributed by atoms with Gasteiger partial charge in [-0.3, -0.25) is 0 Å². The fraction of sp³-hybridized carbons (Fsp3) is 0.333. The van der Waals surface area contributed by atoms with Crippen LogP contribution in [-0.2, 0) is 5.60 Å². The van der Waals surface area contributed by atoms with Crippen molar-refractivity contribution < 1.29 is 31.4 Å². The summed E-state index contributed by atoms with van der Waals surface area (Å²) >= 11 is 4.07. The summed E-state index contributed by atoms with van der Waals surface area (Å²) in [6, 6.07) is 2.92. The number of halogens is 8. The smallest absolute Gasteiger partial charge is 0.369 e. The summed E-state index contributed by atoms with van der Waals surface area (Å²) in [6.45, 7) is 0. The fourth-order valence-corrected chi connectivity index (χ4v) is 2.33. The Kier molecular flexibility index (Phi) is 4.29. The van der Waals surface area contributed by atoms with Crippen LogP contribution in [0.5, 0.6) is 0 Å². The zero-order valence-electron chi connectivity index (χ0n) is 8.20. The van der Waals surface area contributed by atoms with Gasteiger partial charge in [0.1, 0.15) is 0 Å². The van der Waals surface area contributed by atoms with E-state index in [0.717, 1.165) is 6.07 Å². The summed E-state index contributed by atoms with van der Waals surface area (Å²) in [6.07, 6.45) is -11.7. The van der Waals surface area contributed by atoms with Gasteiger partial charge < -0.3 is 5.11 Å². The summed E-state index contributed by atoms with van der Waals surface area (Å²) in [4.78, 5) is 0. The van der Waals surface area contributed by atoms with Gasteiger partial charge in [-0.1, -0.05) is 15.9 Å². The zero-order chi connectivity index (χ0) is 14.4. The molecule has 0 bridgehead atoms. The van der Waals surface area contributed by atoms with Gasteiger partial charge >= 0.3 is 12.4 Å². The molecule has 18 heavy (non-hydrogen) atoms. The molecule has 102 valence electrons. The Morgan fingerprint density at radius 3 is 1.83 bits per heavy atom. The number of hydrogen-bond acceptors (Lipinski definition) is 1. The van der Waals surface area contributed by atoms with Gasteiger partial charge in [0.25, 0.3) is 5.60 Å². The molecule has 1 aromatic carbocycles. The molecule has 9 heteroatoms. The van der Waals surface area contributed by atoms with Crippen molar-refractivity contribution >= 4 is 38.5 Å². The number of hydrogen-bond donors (Lipinski definition) is 1. The van der Waals surface area contributed by atoms with Crippen molar-refractivity contribution in [2.24, 2.45) is 0 Å². The highest BCUT2D eigenvalue weighted by Crippen LogP contribution is 2.51. The molecule has 0 aliphatic carbocycles. The lowest BCUT2D eigenvalue weighted by Gasteiger charge is -2.33. The van der Waals surface area contributed by atoms with Crippen molar-refractivity contribution in [2.45, 2.75) is 18.0 Å². The van der Waals surface area contributed by atoms with Gasteiger partial charge in [-0.15, -0.1) is 0 Å². The van der Waals surface area contributed by atoms with E-state index >= 15 is 0 Å². The van der Waals surface area contributed by atoms with Crippen LogP contribution in [0.25, 0.3) is 0 Å². The minimum Gasteiger partial charge on any atom is -0.369 e. The lowest BCUT2D eigenvalue weighted by Crippen LogP contribution is -2.54. The summed E-state index contributed by atoms with van der Waals surface area (Å²) in [7, 11) is 0. The molecule has 0 aromatic heterocycles. The summed E-state index contributed by atoms with van der Waals surface area (Å²) in [5.74, 6) is 0. The third kappa shape index (κ3) is 2.62. The normalized spacial score (nSPS) is 13.8. The van der Waals surface area contributed by atoms with Gasteiger partial charge in [-0.2, -0.15) is 26.3 Å². The number of rotatable bonds is 1. The maximum atomic E-state index is 12.6. The van der Waals surface area contributed by atoms with Crippen LogP contribution < -0.4 is 0 Å². The lowest BCUT2D eigenvalue weighted by atomic mass is 9.92. The molecule has 1 nitrogen and oxygen atoms in total. The van der Waals surface area contributed by atoms with E-state index in [9.17, 15) is 31.4 Å². The first-order chi connectivity index (χ1) is 7.91. The first-order valence-electron chi connectivity index (χ1n) is 4.22. The van der Waals surface area contributed by atoms with Crippen LogP contribution in [0.1, 0.15) is 5.56 Å². The Hall–Kier alpha value is -0.0300. The molecule has 0 saturated heterocycles. The molecule has 0 unspecified atom stereocenters. The van der Waals surface area contributed by atoms with E-state index < -0.39 is 23.5 Å². The minimum absolute atomic E-state index is 0.00448. The maximum absolute atomic E-state index is 12.6. The Morgan fingerprint density at radius 2 is 1.44 bits per heavy atom. The van der Waals surface area contributed by atoms with Crippen LogP contribution in [0.4, 0.5) is 26.3 Å². The Morgan fingerprint density at radius 1 is 1.00 bits per heavy atom. The first kappa shape index (κ1) is 16.0. The number of aliphatic hydroxyl groups is 1. The van der Waals surface area contributed by atoms with Gasteiger partial charge in [-0.05, 0) is 40.8 Å². The standard InChI is InChI=1S/C9H4BrF6IO/c10-4-1-2-6(17)5(3-4)7(18,8(11,12)13)9(14,15)16/h1-3,18H. The van der Waals surface area contributed by atoms with Crippen LogP contribution in [0.3, 0.4) is 0 Å². The third-order valence-electron chi connectivity index (χ3n) is 2.14. The largest absolute Gasteiger partial charge is 0.430 e. The predicted molar refractivity (Wildman–Crippen MR) is 62.9 cm³/mol. The Labute approximate surface area is 119 Å². The predicted octanol–water partition coefficient (Wildman–Crippen LogP) is 4.37. The van der Waals surface area contributed by atoms with E-state index in [4.69, 9.17) is 0 Å². The van der Waals surface area contributed by atoms with Gasteiger partial charge in [0.05, 0.1) is 0 Å². The molecular formula is C9H4BrF6IO. The van der Waals surface area contributed by atoms with Gasteiger partial charge in [-0.25, -0.2) is 0 Å². The van der Waals surface area contributed by atoms with Crippen molar-refractivity contribution in [1.29, 1.82) is 0 Å². The molecule has 0 spiro atoms. The van der Waals surface area contributed by atoms with E-state index in [0.29, 0.717) is 6.07 Å². The van der Waals surface area contributed by atoms with Crippen LogP contribution >= 0.6 is 38.5 Å². The number of benzene rings is 1. The van der Waals surface area contributed by atoms with E-state index in [1.165, 1.54) is 28.7 Å². The minimum atomic E-state index is -5.87. The molecule has 0 heterocycles. The van der Waals surface area contributed by atoms with E-state index in [1.54, 1.807) is 0 Å². The molecule has 0 radical (unpaired) electrons. The Bertz CT molecular complexity index is 441. The third-order valence-corrected chi connectivity index (χ3v) is 3.57.